The Balaban J connectivity index is 2.02. The first-order valence-corrected chi connectivity index (χ1v) is 5.10. The van der Waals surface area contributed by atoms with Crippen molar-refractivity contribution in [1.82, 2.24) is 4.98 Å². The van der Waals surface area contributed by atoms with Gasteiger partial charge in [0.25, 0.3) is 0 Å². The fraction of sp³-hybridized carbons (Fsp3) is 0.400. The predicted molar refractivity (Wildman–Crippen MR) is 61.3 cm³/mol. The Morgan fingerprint density at radius 2 is 2.36 bits per heavy atom. The molecule has 1 aliphatic rings. The van der Waals surface area contributed by atoms with Crippen LogP contribution in [0.3, 0.4) is 0 Å². The van der Waals surface area contributed by atoms with E-state index >= 15 is 0 Å². The molecule has 1 aliphatic carbocycles. The number of rotatable bonds is 3. The van der Waals surface area contributed by atoms with Gasteiger partial charge >= 0.3 is 0 Å². The van der Waals surface area contributed by atoms with E-state index in [2.05, 4.69) is 17.2 Å². The molecule has 2 unspecified atom stereocenters. The highest BCUT2D eigenvalue weighted by Gasteiger charge is 2.32. The zero-order chi connectivity index (χ0) is 10.1. The lowest BCUT2D eigenvalue weighted by molar-refractivity contribution is 0.928. The molecular formula is C10H13N3S. The second-order valence-corrected chi connectivity index (χ2v) is 4.20. The van der Waals surface area contributed by atoms with Crippen LogP contribution in [0.2, 0.25) is 0 Å². The summed E-state index contributed by atoms with van der Waals surface area (Å²) in [6, 6.07) is 4.43. The molecule has 0 bridgehead atoms. The van der Waals surface area contributed by atoms with Gasteiger partial charge in [-0.05, 0) is 24.5 Å². The minimum absolute atomic E-state index is 0.344. The second-order valence-electron chi connectivity index (χ2n) is 3.76. The standard InChI is InChI=1S/C10H13N3S/c1-6-4-9(6)13-7-2-3-8(10(11)14)12-5-7/h2-3,5-6,9,13H,4H2,1H3,(H2,11,14). The fourth-order valence-electron chi connectivity index (χ4n) is 1.36. The van der Waals surface area contributed by atoms with Crippen LogP contribution in [0.4, 0.5) is 5.69 Å². The number of nitrogens with one attached hydrogen (secondary N) is 1. The molecule has 0 aliphatic heterocycles. The van der Waals surface area contributed by atoms with Gasteiger partial charge in [0.05, 0.1) is 17.6 Å². The number of hydrogen-bond acceptors (Lipinski definition) is 3. The predicted octanol–water partition coefficient (Wildman–Crippen LogP) is 1.54. The second kappa shape index (κ2) is 3.53. The molecule has 0 aromatic carbocycles. The summed E-state index contributed by atoms with van der Waals surface area (Å²) >= 11 is 4.82. The van der Waals surface area contributed by atoms with Gasteiger partial charge in [0.1, 0.15) is 4.99 Å². The van der Waals surface area contributed by atoms with Crippen molar-refractivity contribution in [2.45, 2.75) is 19.4 Å². The SMILES string of the molecule is CC1CC1Nc1ccc(C(N)=S)nc1. The molecule has 4 heteroatoms. The third-order valence-corrected chi connectivity index (χ3v) is 2.69. The summed E-state index contributed by atoms with van der Waals surface area (Å²) in [5.41, 5.74) is 7.16. The molecule has 1 saturated carbocycles. The van der Waals surface area contributed by atoms with E-state index in [1.54, 1.807) is 6.20 Å². The highest BCUT2D eigenvalue weighted by Crippen LogP contribution is 2.32. The third kappa shape index (κ3) is 2.01. The summed E-state index contributed by atoms with van der Waals surface area (Å²) in [6.07, 6.45) is 3.02. The molecule has 2 atom stereocenters. The van der Waals surface area contributed by atoms with E-state index in [1.807, 2.05) is 12.1 Å². The van der Waals surface area contributed by atoms with Gasteiger partial charge in [0.2, 0.25) is 0 Å². The molecule has 0 amide bonds. The highest BCUT2D eigenvalue weighted by molar-refractivity contribution is 7.80. The quantitative estimate of drug-likeness (QED) is 0.738. The molecule has 3 N–H and O–H groups in total. The molecule has 1 heterocycles. The van der Waals surface area contributed by atoms with Crippen molar-refractivity contribution in [1.29, 1.82) is 0 Å². The van der Waals surface area contributed by atoms with Crippen molar-refractivity contribution in [3.8, 4) is 0 Å². The molecule has 1 fully saturated rings. The van der Waals surface area contributed by atoms with E-state index in [4.69, 9.17) is 18.0 Å². The van der Waals surface area contributed by atoms with Crippen LogP contribution in [0.1, 0.15) is 19.0 Å². The van der Waals surface area contributed by atoms with Gasteiger partial charge in [-0.15, -0.1) is 0 Å². The number of thiocarbonyl (C=S) groups is 1. The van der Waals surface area contributed by atoms with Crippen molar-refractivity contribution < 1.29 is 0 Å². The number of anilines is 1. The number of nitrogens with zero attached hydrogens (tertiary/aromatic N) is 1. The van der Waals surface area contributed by atoms with Gasteiger partial charge < -0.3 is 11.1 Å². The lowest BCUT2D eigenvalue weighted by atomic mass is 10.3. The van der Waals surface area contributed by atoms with Crippen LogP contribution in [0, 0.1) is 5.92 Å². The molecule has 0 radical (unpaired) electrons. The van der Waals surface area contributed by atoms with Crippen LogP contribution in [-0.4, -0.2) is 16.0 Å². The van der Waals surface area contributed by atoms with Crippen molar-refractivity contribution in [3.63, 3.8) is 0 Å². The first-order valence-electron chi connectivity index (χ1n) is 4.69. The number of hydrogen-bond donors (Lipinski definition) is 2. The van der Waals surface area contributed by atoms with Crippen molar-refractivity contribution in [2.75, 3.05) is 5.32 Å². The van der Waals surface area contributed by atoms with E-state index in [-0.39, 0.29) is 0 Å². The first kappa shape index (κ1) is 9.40. The topological polar surface area (TPSA) is 50.9 Å². The van der Waals surface area contributed by atoms with Crippen LogP contribution >= 0.6 is 12.2 Å². The van der Waals surface area contributed by atoms with Gasteiger partial charge in [-0.1, -0.05) is 19.1 Å². The Morgan fingerprint density at radius 1 is 1.64 bits per heavy atom. The zero-order valence-electron chi connectivity index (χ0n) is 8.03. The Bertz CT molecular complexity index is 347. The highest BCUT2D eigenvalue weighted by atomic mass is 32.1. The maximum absolute atomic E-state index is 5.45. The molecule has 0 saturated heterocycles. The Kier molecular flexibility index (Phi) is 2.37. The first-order chi connectivity index (χ1) is 6.66. The van der Waals surface area contributed by atoms with E-state index in [0.29, 0.717) is 16.7 Å². The Hall–Kier alpha value is -1.16. The van der Waals surface area contributed by atoms with Gasteiger partial charge in [-0.2, -0.15) is 0 Å². The van der Waals surface area contributed by atoms with E-state index < -0.39 is 0 Å². The lowest BCUT2D eigenvalue weighted by Gasteiger charge is -2.04. The van der Waals surface area contributed by atoms with Crippen LogP contribution in [-0.2, 0) is 0 Å². The molecule has 3 nitrogen and oxygen atoms in total. The Labute approximate surface area is 88.7 Å². The molecule has 1 aromatic heterocycles. The van der Waals surface area contributed by atoms with Gasteiger partial charge in [0.15, 0.2) is 0 Å². The van der Waals surface area contributed by atoms with Crippen molar-refractivity contribution in [2.24, 2.45) is 11.7 Å². The minimum Gasteiger partial charge on any atom is -0.388 e. The summed E-state index contributed by atoms with van der Waals surface area (Å²) in [7, 11) is 0. The largest absolute Gasteiger partial charge is 0.388 e. The summed E-state index contributed by atoms with van der Waals surface area (Å²) in [5.74, 6) is 0.783. The van der Waals surface area contributed by atoms with Crippen LogP contribution in [0.5, 0.6) is 0 Å². The average molecular weight is 207 g/mol. The van der Waals surface area contributed by atoms with Crippen LogP contribution in [0.25, 0.3) is 0 Å². The zero-order valence-corrected chi connectivity index (χ0v) is 8.84. The molecule has 2 rings (SSSR count). The van der Waals surface area contributed by atoms with Crippen LogP contribution < -0.4 is 11.1 Å². The van der Waals surface area contributed by atoms with Gasteiger partial charge in [-0.25, -0.2) is 0 Å². The van der Waals surface area contributed by atoms with E-state index in [9.17, 15) is 0 Å². The van der Waals surface area contributed by atoms with Crippen molar-refractivity contribution >= 4 is 22.9 Å². The molecule has 74 valence electrons. The monoisotopic (exact) mass is 207 g/mol. The van der Waals surface area contributed by atoms with Crippen LogP contribution in [0.15, 0.2) is 18.3 Å². The fourth-order valence-corrected chi connectivity index (χ4v) is 1.48. The number of aromatic nitrogens is 1. The average Bonchev–Trinajstić information content (AvgIpc) is 2.82. The minimum atomic E-state index is 0.344. The summed E-state index contributed by atoms with van der Waals surface area (Å²) in [4.78, 5) is 4.50. The lowest BCUT2D eigenvalue weighted by Crippen LogP contribution is -2.12. The third-order valence-electron chi connectivity index (χ3n) is 2.48. The molecular weight excluding hydrogens is 194 g/mol. The number of nitrogens with two attached hydrogens (primary N) is 1. The molecule has 14 heavy (non-hydrogen) atoms. The summed E-state index contributed by atoms with van der Waals surface area (Å²) in [5, 5.41) is 3.39. The van der Waals surface area contributed by atoms with Crippen molar-refractivity contribution in [3.05, 3.63) is 24.0 Å². The van der Waals surface area contributed by atoms with E-state index in [0.717, 1.165) is 11.6 Å². The normalized spacial score (nSPS) is 24.4. The van der Waals surface area contributed by atoms with E-state index in [1.165, 1.54) is 6.42 Å². The summed E-state index contributed by atoms with van der Waals surface area (Å²) < 4.78 is 0. The van der Waals surface area contributed by atoms with Gasteiger partial charge in [-0.3, -0.25) is 4.98 Å². The smallest absolute Gasteiger partial charge is 0.122 e. The molecule has 1 aromatic rings. The van der Waals surface area contributed by atoms with Gasteiger partial charge in [0, 0.05) is 6.04 Å². The Morgan fingerprint density at radius 3 is 2.79 bits per heavy atom. The number of pyridine rings is 1. The summed E-state index contributed by atoms with van der Waals surface area (Å²) in [6.45, 7) is 2.23. The maximum Gasteiger partial charge on any atom is 0.122 e. The maximum atomic E-state index is 5.45. The molecule has 0 spiro atoms.